The Labute approximate surface area is 155 Å². The third kappa shape index (κ3) is 6.31. The van der Waals surface area contributed by atoms with Gasteiger partial charge >= 0.3 is 0 Å². The molecule has 2 amide bonds. The van der Waals surface area contributed by atoms with Crippen molar-refractivity contribution in [2.45, 2.75) is 46.1 Å². The van der Waals surface area contributed by atoms with E-state index in [0.717, 1.165) is 35.3 Å². The zero-order valence-corrected chi connectivity index (χ0v) is 15.5. The summed E-state index contributed by atoms with van der Waals surface area (Å²) in [5, 5.41) is 7.06. The highest BCUT2D eigenvalue weighted by atomic mass is 16.2. The van der Waals surface area contributed by atoms with Gasteiger partial charge in [0.05, 0.1) is 5.71 Å². The molecule has 1 aromatic rings. The summed E-state index contributed by atoms with van der Waals surface area (Å²) in [5.74, 6) is -0.0246. The maximum Gasteiger partial charge on any atom is 0.240 e. The van der Waals surface area contributed by atoms with Gasteiger partial charge in [0.1, 0.15) is 0 Å². The summed E-state index contributed by atoms with van der Waals surface area (Å²) in [6.07, 6.45) is 4.15. The fraction of sp³-hybridized carbons (Fsp3) is 0.381. The number of benzene rings is 1. The predicted molar refractivity (Wildman–Crippen MR) is 104 cm³/mol. The van der Waals surface area contributed by atoms with E-state index in [4.69, 9.17) is 0 Å². The van der Waals surface area contributed by atoms with Gasteiger partial charge in [0.15, 0.2) is 0 Å². The Morgan fingerprint density at radius 3 is 2.58 bits per heavy atom. The molecule has 0 radical (unpaired) electrons. The molecular formula is C21H27N3O2. The van der Waals surface area contributed by atoms with Crippen LogP contribution in [0.3, 0.4) is 0 Å². The van der Waals surface area contributed by atoms with Crippen LogP contribution >= 0.6 is 0 Å². The van der Waals surface area contributed by atoms with Gasteiger partial charge in [0, 0.05) is 19.4 Å². The van der Waals surface area contributed by atoms with Crippen LogP contribution in [0.25, 0.3) is 0 Å². The maximum absolute atomic E-state index is 12.0. The zero-order chi connectivity index (χ0) is 18.9. The van der Waals surface area contributed by atoms with Crippen molar-refractivity contribution >= 4 is 17.5 Å². The molecule has 5 heteroatoms. The summed E-state index contributed by atoms with van der Waals surface area (Å²) in [6.45, 7) is 8.49. The first-order valence-electron chi connectivity index (χ1n) is 8.94. The first kappa shape index (κ1) is 19.6. The van der Waals surface area contributed by atoms with Crippen LogP contribution in [0.5, 0.6) is 0 Å². The van der Waals surface area contributed by atoms with Crippen molar-refractivity contribution < 1.29 is 9.59 Å². The van der Waals surface area contributed by atoms with E-state index in [-0.39, 0.29) is 24.7 Å². The van der Waals surface area contributed by atoms with Crippen molar-refractivity contribution in [1.82, 2.24) is 10.7 Å². The molecule has 0 spiro atoms. The van der Waals surface area contributed by atoms with Crippen molar-refractivity contribution in [3.05, 3.63) is 59.7 Å². The third-order valence-corrected chi connectivity index (χ3v) is 4.53. The van der Waals surface area contributed by atoms with Crippen molar-refractivity contribution in [2.75, 3.05) is 0 Å². The lowest BCUT2D eigenvalue weighted by molar-refractivity contribution is -0.126. The van der Waals surface area contributed by atoms with E-state index in [1.54, 1.807) is 0 Å². The number of nitrogens with zero attached hydrogens (tertiary/aromatic N) is 1. The molecule has 1 atom stereocenters. The van der Waals surface area contributed by atoms with Gasteiger partial charge in [-0.3, -0.25) is 9.59 Å². The highest BCUT2D eigenvalue weighted by Gasteiger charge is 2.18. The number of amides is 2. The van der Waals surface area contributed by atoms with Crippen molar-refractivity contribution in [2.24, 2.45) is 11.0 Å². The molecule has 1 aliphatic carbocycles. The van der Waals surface area contributed by atoms with E-state index in [0.29, 0.717) is 12.5 Å². The van der Waals surface area contributed by atoms with Gasteiger partial charge in [-0.05, 0) is 43.7 Å². The molecule has 0 aliphatic heterocycles. The molecular weight excluding hydrogens is 326 g/mol. The fourth-order valence-corrected chi connectivity index (χ4v) is 2.72. The Kier molecular flexibility index (Phi) is 7.33. The third-order valence-electron chi connectivity index (χ3n) is 4.53. The van der Waals surface area contributed by atoms with Crippen LogP contribution in [0.1, 0.15) is 45.1 Å². The molecule has 26 heavy (non-hydrogen) atoms. The number of carbonyl (C=O) groups excluding carboxylic acids is 2. The monoisotopic (exact) mass is 353 g/mol. The molecule has 0 aromatic heterocycles. The van der Waals surface area contributed by atoms with Gasteiger partial charge < -0.3 is 5.32 Å². The number of hydrogen-bond donors (Lipinski definition) is 2. The molecule has 0 saturated heterocycles. The number of nitrogens with one attached hydrogen (secondary N) is 2. The van der Waals surface area contributed by atoms with Gasteiger partial charge in [-0.25, -0.2) is 5.43 Å². The Balaban J connectivity index is 1.74. The van der Waals surface area contributed by atoms with E-state index in [1.807, 2.05) is 44.2 Å². The average molecular weight is 353 g/mol. The van der Waals surface area contributed by atoms with Crippen LogP contribution in [0.4, 0.5) is 0 Å². The number of rotatable bonds is 7. The molecule has 1 aromatic carbocycles. The van der Waals surface area contributed by atoms with Gasteiger partial charge in [0.25, 0.3) is 0 Å². The predicted octanol–water partition coefficient (Wildman–Crippen LogP) is 3.49. The second-order valence-electron chi connectivity index (χ2n) is 6.73. The summed E-state index contributed by atoms with van der Waals surface area (Å²) in [6, 6.07) is 9.67. The summed E-state index contributed by atoms with van der Waals surface area (Å²) in [7, 11) is 0. The van der Waals surface area contributed by atoms with Crippen molar-refractivity contribution in [1.29, 1.82) is 0 Å². The molecule has 0 unspecified atom stereocenters. The minimum absolute atomic E-state index is 0.115. The number of allylic oxidation sites excluding steroid dienone is 3. The van der Waals surface area contributed by atoms with Gasteiger partial charge in [0.2, 0.25) is 11.8 Å². The van der Waals surface area contributed by atoms with E-state index < -0.39 is 0 Å². The van der Waals surface area contributed by atoms with Crippen LogP contribution < -0.4 is 10.7 Å². The lowest BCUT2D eigenvalue weighted by Crippen LogP contribution is -2.26. The molecule has 0 heterocycles. The summed E-state index contributed by atoms with van der Waals surface area (Å²) < 4.78 is 0. The van der Waals surface area contributed by atoms with E-state index >= 15 is 0 Å². The number of carbonyl (C=O) groups is 2. The quantitative estimate of drug-likeness (QED) is 0.582. The molecule has 138 valence electrons. The Morgan fingerprint density at radius 1 is 1.19 bits per heavy atom. The van der Waals surface area contributed by atoms with Crippen molar-refractivity contribution in [3.63, 3.8) is 0 Å². The molecule has 2 rings (SSSR count). The molecule has 0 saturated carbocycles. The molecule has 2 N–H and O–H groups in total. The lowest BCUT2D eigenvalue weighted by Gasteiger charge is -2.22. The van der Waals surface area contributed by atoms with E-state index in [2.05, 4.69) is 28.5 Å². The zero-order valence-electron chi connectivity index (χ0n) is 15.5. The normalized spacial score (nSPS) is 18.2. The molecule has 0 bridgehead atoms. The van der Waals surface area contributed by atoms with Crippen molar-refractivity contribution in [3.8, 4) is 0 Å². The van der Waals surface area contributed by atoms with Crippen LogP contribution in [0, 0.1) is 5.92 Å². The average Bonchev–Trinajstić information content (AvgIpc) is 2.64. The molecule has 0 fully saturated rings. The first-order chi connectivity index (χ1) is 12.5. The van der Waals surface area contributed by atoms with Crippen LogP contribution in [0.2, 0.25) is 0 Å². The van der Waals surface area contributed by atoms with Crippen LogP contribution in [-0.2, 0) is 16.1 Å². The first-order valence-corrected chi connectivity index (χ1v) is 8.94. The standard InChI is InChI=1S/C21H27N3O2/c1-15(2)18-10-9-16(3)19(13-18)23-24-21(26)12-11-20(25)22-14-17-7-5-4-6-8-17/h4-9,18H,1,10-14H2,2-3H3,(H,22,25)(H,24,26)/b23-19+/t18-/m1/s1. The lowest BCUT2D eigenvalue weighted by atomic mass is 9.85. The minimum atomic E-state index is -0.252. The summed E-state index contributed by atoms with van der Waals surface area (Å²) in [4.78, 5) is 23.8. The highest BCUT2D eigenvalue weighted by molar-refractivity contribution is 6.01. The summed E-state index contributed by atoms with van der Waals surface area (Å²) in [5.41, 5.74) is 6.70. The minimum Gasteiger partial charge on any atom is -0.352 e. The second kappa shape index (κ2) is 9.70. The maximum atomic E-state index is 12.0. The van der Waals surface area contributed by atoms with E-state index in [9.17, 15) is 9.59 Å². The Bertz CT molecular complexity index is 720. The van der Waals surface area contributed by atoms with E-state index in [1.165, 1.54) is 0 Å². The van der Waals surface area contributed by atoms with Crippen LogP contribution in [-0.4, -0.2) is 17.5 Å². The highest BCUT2D eigenvalue weighted by Crippen LogP contribution is 2.26. The number of hydrazone groups is 1. The Hall–Kier alpha value is -2.69. The van der Waals surface area contributed by atoms with Crippen LogP contribution in [0.15, 0.2) is 59.2 Å². The fourth-order valence-electron chi connectivity index (χ4n) is 2.72. The number of hydrogen-bond acceptors (Lipinski definition) is 3. The SMILES string of the molecule is C=C(C)[C@@H]1CC=C(C)/C(=N/NC(=O)CCC(=O)NCc2ccccc2)C1. The van der Waals surface area contributed by atoms with Gasteiger partial charge in [-0.2, -0.15) is 5.10 Å². The van der Waals surface area contributed by atoms with Gasteiger partial charge in [-0.1, -0.05) is 48.6 Å². The smallest absolute Gasteiger partial charge is 0.240 e. The summed E-state index contributed by atoms with van der Waals surface area (Å²) >= 11 is 0. The van der Waals surface area contributed by atoms with Gasteiger partial charge in [-0.15, -0.1) is 0 Å². The largest absolute Gasteiger partial charge is 0.352 e. The topological polar surface area (TPSA) is 70.6 Å². The Morgan fingerprint density at radius 2 is 1.88 bits per heavy atom. The molecule has 1 aliphatic rings. The molecule has 5 nitrogen and oxygen atoms in total. The second-order valence-corrected chi connectivity index (χ2v) is 6.73.